The van der Waals surface area contributed by atoms with Crippen LogP contribution in [0.15, 0.2) is 60.3 Å². The Balaban J connectivity index is 1.94. The van der Waals surface area contributed by atoms with Gasteiger partial charge in [-0.25, -0.2) is 0 Å². The van der Waals surface area contributed by atoms with Gasteiger partial charge < -0.3 is 9.88 Å². The van der Waals surface area contributed by atoms with Crippen molar-refractivity contribution in [2.75, 3.05) is 5.32 Å². The van der Waals surface area contributed by atoms with Gasteiger partial charge in [-0.15, -0.1) is 0 Å². The number of hydrogen-bond acceptors (Lipinski definition) is 2. The van der Waals surface area contributed by atoms with Crippen LogP contribution in [0.1, 0.15) is 11.1 Å². The van der Waals surface area contributed by atoms with Gasteiger partial charge in [-0.2, -0.15) is 5.26 Å². The zero-order chi connectivity index (χ0) is 17.1. The zero-order valence-corrected chi connectivity index (χ0v) is 13.6. The highest BCUT2D eigenvalue weighted by molar-refractivity contribution is 6.10. The monoisotopic (exact) mass is 315 g/mol. The lowest BCUT2D eigenvalue weighted by Gasteiger charge is -2.05. The average molecular weight is 315 g/mol. The second kappa shape index (κ2) is 6.43. The first kappa shape index (κ1) is 15.6. The third kappa shape index (κ3) is 3.06. The van der Waals surface area contributed by atoms with Gasteiger partial charge in [0.1, 0.15) is 11.6 Å². The number of nitrogens with zero attached hydrogens (tertiary/aromatic N) is 2. The van der Waals surface area contributed by atoms with E-state index in [-0.39, 0.29) is 5.57 Å². The van der Waals surface area contributed by atoms with E-state index in [0.717, 1.165) is 22.0 Å². The topological polar surface area (TPSA) is 57.8 Å². The van der Waals surface area contributed by atoms with E-state index in [4.69, 9.17) is 0 Å². The van der Waals surface area contributed by atoms with E-state index in [0.29, 0.717) is 5.69 Å². The van der Waals surface area contributed by atoms with Gasteiger partial charge >= 0.3 is 0 Å². The Morgan fingerprint density at radius 3 is 2.75 bits per heavy atom. The van der Waals surface area contributed by atoms with Crippen LogP contribution in [0.3, 0.4) is 0 Å². The van der Waals surface area contributed by atoms with E-state index in [1.807, 2.05) is 73.3 Å². The fourth-order valence-corrected chi connectivity index (χ4v) is 2.71. The minimum Gasteiger partial charge on any atom is -0.350 e. The minimum atomic E-state index is -0.406. The predicted molar refractivity (Wildman–Crippen MR) is 96.3 cm³/mol. The molecule has 1 N–H and O–H groups in total. The Bertz CT molecular complexity index is 990. The summed E-state index contributed by atoms with van der Waals surface area (Å²) in [6, 6.07) is 17.4. The molecule has 0 aliphatic carbocycles. The fraction of sp³-hybridized carbons (Fsp3) is 0.100. The highest BCUT2D eigenvalue weighted by Crippen LogP contribution is 2.23. The summed E-state index contributed by atoms with van der Waals surface area (Å²) < 4.78 is 1.98. The van der Waals surface area contributed by atoms with E-state index in [9.17, 15) is 10.1 Å². The highest BCUT2D eigenvalue weighted by atomic mass is 16.1. The quantitative estimate of drug-likeness (QED) is 0.586. The molecule has 2 aromatic carbocycles. The molecule has 3 aromatic rings. The van der Waals surface area contributed by atoms with Gasteiger partial charge in [-0.1, -0.05) is 30.3 Å². The Labute approximate surface area is 140 Å². The Hall–Kier alpha value is -3.32. The summed E-state index contributed by atoms with van der Waals surface area (Å²) in [6.07, 6.45) is 3.55. The summed E-state index contributed by atoms with van der Waals surface area (Å²) in [5.74, 6) is -0.406. The smallest absolute Gasteiger partial charge is 0.266 e. The molecule has 24 heavy (non-hydrogen) atoms. The molecule has 0 saturated heterocycles. The number of para-hydroxylation sites is 1. The van der Waals surface area contributed by atoms with Crippen molar-refractivity contribution in [1.82, 2.24) is 4.57 Å². The van der Waals surface area contributed by atoms with Crippen LogP contribution in [0.4, 0.5) is 5.69 Å². The van der Waals surface area contributed by atoms with E-state index < -0.39 is 5.91 Å². The number of carbonyl (C=O) groups is 1. The van der Waals surface area contributed by atoms with E-state index in [2.05, 4.69) is 5.32 Å². The number of nitriles is 1. The molecule has 0 spiro atoms. The second-order valence-corrected chi connectivity index (χ2v) is 5.71. The summed E-state index contributed by atoms with van der Waals surface area (Å²) in [7, 11) is 1.94. The predicted octanol–water partition coefficient (Wildman–Crippen LogP) is 4.03. The fourth-order valence-electron chi connectivity index (χ4n) is 2.71. The van der Waals surface area contributed by atoms with Crippen molar-refractivity contribution in [2.45, 2.75) is 6.92 Å². The van der Waals surface area contributed by atoms with Crippen molar-refractivity contribution in [2.24, 2.45) is 7.05 Å². The maximum absolute atomic E-state index is 12.4. The number of hydrogen-bond donors (Lipinski definition) is 1. The number of fused-ring (bicyclic) bond motifs is 1. The van der Waals surface area contributed by atoms with Crippen LogP contribution in [0.25, 0.3) is 17.0 Å². The molecule has 1 aromatic heterocycles. The Morgan fingerprint density at radius 2 is 2.00 bits per heavy atom. The highest BCUT2D eigenvalue weighted by Gasteiger charge is 2.12. The van der Waals surface area contributed by atoms with Crippen LogP contribution in [0, 0.1) is 18.3 Å². The number of aryl methyl sites for hydroxylation is 2. The largest absolute Gasteiger partial charge is 0.350 e. The van der Waals surface area contributed by atoms with Crippen molar-refractivity contribution in [1.29, 1.82) is 5.26 Å². The molecule has 4 nitrogen and oxygen atoms in total. The maximum Gasteiger partial charge on any atom is 0.266 e. The summed E-state index contributed by atoms with van der Waals surface area (Å²) in [4.78, 5) is 12.4. The molecule has 0 fully saturated rings. The summed E-state index contributed by atoms with van der Waals surface area (Å²) in [5.41, 5.74) is 3.71. The van der Waals surface area contributed by atoms with Gasteiger partial charge in [0.2, 0.25) is 0 Å². The molecular weight excluding hydrogens is 298 g/mol. The first-order valence-electron chi connectivity index (χ1n) is 7.62. The maximum atomic E-state index is 12.4. The lowest BCUT2D eigenvalue weighted by molar-refractivity contribution is -0.112. The second-order valence-electron chi connectivity index (χ2n) is 5.71. The van der Waals surface area contributed by atoms with Gasteiger partial charge in [0.15, 0.2) is 0 Å². The lowest BCUT2D eigenvalue weighted by atomic mass is 10.1. The molecule has 0 unspecified atom stereocenters. The lowest BCUT2D eigenvalue weighted by Crippen LogP contribution is -2.13. The number of rotatable bonds is 3. The van der Waals surface area contributed by atoms with Crippen molar-refractivity contribution in [3.8, 4) is 6.07 Å². The first-order valence-corrected chi connectivity index (χ1v) is 7.62. The Morgan fingerprint density at radius 1 is 1.21 bits per heavy atom. The SMILES string of the molecule is Cc1cccc(NC(=O)/C(C#N)=C/c2cn(C)c3ccccc23)c1. The number of benzene rings is 2. The Kier molecular flexibility index (Phi) is 4.17. The van der Waals surface area contributed by atoms with Crippen LogP contribution < -0.4 is 5.32 Å². The van der Waals surface area contributed by atoms with Crippen LogP contribution in [-0.2, 0) is 11.8 Å². The number of amides is 1. The molecule has 0 aliphatic heterocycles. The van der Waals surface area contributed by atoms with Gasteiger partial charge in [0, 0.05) is 35.4 Å². The molecular formula is C20H17N3O. The standard InChI is InChI=1S/C20H17N3O/c1-14-6-5-7-17(10-14)22-20(24)15(12-21)11-16-13-23(2)19-9-4-3-8-18(16)19/h3-11,13H,1-2H3,(H,22,24)/b15-11+. The van der Waals surface area contributed by atoms with Crippen molar-refractivity contribution < 1.29 is 4.79 Å². The van der Waals surface area contributed by atoms with E-state index in [1.165, 1.54) is 0 Å². The molecule has 4 heteroatoms. The van der Waals surface area contributed by atoms with Crippen LogP contribution in [0.2, 0.25) is 0 Å². The zero-order valence-electron chi connectivity index (χ0n) is 13.6. The van der Waals surface area contributed by atoms with Gasteiger partial charge in [-0.3, -0.25) is 4.79 Å². The molecule has 118 valence electrons. The van der Waals surface area contributed by atoms with Crippen molar-refractivity contribution in [3.63, 3.8) is 0 Å². The summed E-state index contributed by atoms with van der Waals surface area (Å²) in [5, 5.41) is 13.2. The van der Waals surface area contributed by atoms with Crippen LogP contribution in [-0.4, -0.2) is 10.5 Å². The van der Waals surface area contributed by atoms with Crippen LogP contribution in [0.5, 0.6) is 0 Å². The first-order chi connectivity index (χ1) is 11.6. The third-order valence-electron chi connectivity index (χ3n) is 3.87. The number of anilines is 1. The third-order valence-corrected chi connectivity index (χ3v) is 3.87. The molecule has 0 aliphatic rings. The van der Waals surface area contributed by atoms with E-state index >= 15 is 0 Å². The molecule has 1 amide bonds. The normalized spacial score (nSPS) is 11.3. The van der Waals surface area contributed by atoms with Crippen LogP contribution >= 0.6 is 0 Å². The number of aromatic nitrogens is 1. The van der Waals surface area contributed by atoms with E-state index in [1.54, 1.807) is 12.1 Å². The molecule has 0 bridgehead atoms. The van der Waals surface area contributed by atoms with Gasteiger partial charge in [0.05, 0.1) is 0 Å². The van der Waals surface area contributed by atoms with Gasteiger partial charge in [0.25, 0.3) is 5.91 Å². The molecule has 3 rings (SSSR count). The number of nitrogens with one attached hydrogen (secondary N) is 1. The molecule has 0 radical (unpaired) electrons. The average Bonchev–Trinajstić information content (AvgIpc) is 2.89. The molecule has 0 atom stereocenters. The molecule has 1 heterocycles. The summed E-state index contributed by atoms with van der Waals surface area (Å²) in [6.45, 7) is 1.95. The molecule has 0 saturated carbocycles. The number of carbonyl (C=O) groups excluding carboxylic acids is 1. The van der Waals surface area contributed by atoms with Crippen molar-refractivity contribution >= 4 is 28.6 Å². The van der Waals surface area contributed by atoms with Crippen molar-refractivity contribution in [3.05, 3.63) is 71.4 Å². The minimum absolute atomic E-state index is 0.0767. The summed E-state index contributed by atoms with van der Waals surface area (Å²) >= 11 is 0. The van der Waals surface area contributed by atoms with Gasteiger partial charge in [-0.05, 0) is 36.8 Å².